The Bertz CT molecular complexity index is 1020. The monoisotopic (exact) mass is 432 g/mol. The zero-order valence-corrected chi connectivity index (χ0v) is 17.3. The van der Waals surface area contributed by atoms with Crippen LogP contribution in [0.25, 0.3) is 0 Å². The van der Waals surface area contributed by atoms with Crippen LogP contribution in [0.5, 0.6) is 0 Å². The van der Waals surface area contributed by atoms with Crippen molar-refractivity contribution in [1.29, 1.82) is 0 Å². The Kier molecular flexibility index (Phi) is 5.42. The summed E-state index contributed by atoms with van der Waals surface area (Å²) >= 11 is 7.16. The molecule has 2 aromatic rings. The quantitative estimate of drug-likeness (QED) is 0.680. The first kappa shape index (κ1) is 20.0. The maximum absolute atomic E-state index is 12.8. The number of benzene rings is 1. The molecule has 0 unspecified atom stereocenters. The van der Waals surface area contributed by atoms with Crippen molar-refractivity contribution in [3.8, 4) is 0 Å². The van der Waals surface area contributed by atoms with E-state index in [-0.39, 0.29) is 22.8 Å². The molecule has 9 heteroatoms. The van der Waals surface area contributed by atoms with Crippen molar-refractivity contribution in [2.24, 2.45) is 5.14 Å². The van der Waals surface area contributed by atoms with E-state index in [0.29, 0.717) is 30.4 Å². The lowest BCUT2D eigenvalue weighted by Gasteiger charge is -2.32. The summed E-state index contributed by atoms with van der Waals surface area (Å²) in [5, 5.41) is 9.11. The second kappa shape index (κ2) is 7.85. The lowest BCUT2D eigenvalue weighted by atomic mass is 10.1. The van der Waals surface area contributed by atoms with Crippen molar-refractivity contribution in [2.75, 3.05) is 13.1 Å². The molecule has 152 valence electrons. The van der Waals surface area contributed by atoms with Crippen LogP contribution in [0.3, 0.4) is 0 Å². The normalized spacial score (nSPS) is 17.0. The first-order valence-electron chi connectivity index (χ1n) is 9.36. The molecule has 1 saturated carbocycles. The SMILES string of the molecule is NSC1(CN2CCn3c(ccc(C(=O)NCc4ccc(Cl)cc4)c3=O)C2=O)CC1. The minimum Gasteiger partial charge on any atom is -0.348 e. The van der Waals surface area contributed by atoms with Crippen LogP contribution < -0.4 is 16.0 Å². The molecule has 0 radical (unpaired) electrons. The van der Waals surface area contributed by atoms with E-state index >= 15 is 0 Å². The predicted octanol–water partition coefficient (Wildman–Crippen LogP) is 2.03. The maximum atomic E-state index is 12.8. The van der Waals surface area contributed by atoms with Gasteiger partial charge in [0, 0.05) is 35.9 Å². The summed E-state index contributed by atoms with van der Waals surface area (Å²) in [5.41, 5.74) is 0.769. The molecule has 0 saturated heterocycles. The Morgan fingerprint density at radius 2 is 1.86 bits per heavy atom. The highest BCUT2D eigenvalue weighted by molar-refractivity contribution is 7.98. The van der Waals surface area contributed by atoms with E-state index in [0.717, 1.165) is 18.4 Å². The fourth-order valence-electron chi connectivity index (χ4n) is 3.48. The molecule has 2 aliphatic rings. The predicted molar refractivity (Wildman–Crippen MR) is 113 cm³/mol. The van der Waals surface area contributed by atoms with Gasteiger partial charge in [-0.15, -0.1) is 0 Å². The third-order valence-electron chi connectivity index (χ3n) is 5.42. The van der Waals surface area contributed by atoms with E-state index < -0.39 is 11.5 Å². The Balaban J connectivity index is 1.48. The molecule has 4 rings (SSSR count). The van der Waals surface area contributed by atoms with Crippen molar-refractivity contribution in [2.45, 2.75) is 30.7 Å². The summed E-state index contributed by atoms with van der Waals surface area (Å²) in [7, 11) is 0. The van der Waals surface area contributed by atoms with Crippen LogP contribution >= 0.6 is 23.5 Å². The molecule has 1 aliphatic heterocycles. The van der Waals surface area contributed by atoms with Gasteiger partial charge in [0.1, 0.15) is 11.3 Å². The number of halogens is 1. The third-order valence-corrected chi connectivity index (χ3v) is 6.71. The first-order chi connectivity index (χ1) is 13.9. The third kappa shape index (κ3) is 4.05. The van der Waals surface area contributed by atoms with Crippen molar-refractivity contribution in [3.63, 3.8) is 0 Å². The first-order valence-corrected chi connectivity index (χ1v) is 10.6. The number of nitrogens with two attached hydrogens (primary N) is 1. The van der Waals surface area contributed by atoms with Gasteiger partial charge in [0.2, 0.25) is 0 Å². The maximum Gasteiger partial charge on any atom is 0.270 e. The molecule has 1 fully saturated rings. The molecule has 2 amide bonds. The highest BCUT2D eigenvalue weighted by atomic mass is 35.5. The average molecular weight is 433 g/mol. The van der Waals surface area contributed by atoms with Crippen molar-refractivity contribution in [3.05, 3.63) is 68.6 Å². The number of hydrogen-bond acceptors (Lipinski definition) is 5. The fourth-order valence-corrected chi connectivity index (χ4v) is 4.17. The Morgan fingerprint density at radius 3 is 2.52 bits per heavy atom. The number of pyridine rings is 1. The zero-order chi connectivity index (χ0) is 20.6. The van der Waals surface area contributed by atoms with Gasteiger partial charge in [-0.1, -0.05) is 35.7 Å². The highest BCUT2D eigenvalue weighted by Gasteiger charge is 2.45. The number of carbonyl (C=O) groups is 2. The lowest BCUT2D eigenvalue weighted by molar-refractivity contribution is 0.0696. The largest absolute Gasteiger partial charge is 0.348 e. The van der Waals surface area contributed by atoms with E-state index in [4.69, 9.17) is 16.7 Å². The number of fused-ring (bicyclic) bond motifs is 1. The number of carbonyl (C=O) groups excluding carboxylic acids is 2. The summed E-state index contributed by atoms with van der Waals surface area (Å²) in [6.07, 6.45) is 2.00. The van der Waals surface area contributed by atoms with Crippen LogP contribution in [-0.4, -0.2) is 39.1 Å². The van der Waals surface area contributed by atoms with Crippen LogP contribution in [0.2, 0.25) is 5.02 Å². The van der Waals surface area contributed by atoms with E-state index in [1.54, 1.807) is 23.1 Å². The van der Waals surface area contributed by atoms with Gasteiger partial charge in [-0.25, -0.2) is 0 Å². The van der Waals surface area contributed by atoms with Crippen LogP contribution in [0, 0.1) is 0 Å². The number of nitrogens with one attached hydrogen (secondary N) is 1. The zero-order valence-electron chi connectivity index (χ0n) is 15.7. The van der Waals surface area contributed by atoms with Crippen molar-refractivity contribution < 1.29 is 9.59 Å². The fraction of sp³-hybridized carbons (Fsp3) is 0.350. The second-order valence-corrected chi connectivity index (χ2v) is 8.96. The topological polar surface area (TPSA) is 97.4 Å². The minimum atomic E-state index is -0.466. The van der Waals surface area contributed by atoms with Crippen LogP contribution in [0.1, 0.15) is 39.3 Å². The van der Waals surface area contributed by atoms with Crippen LogP contribution in [0.4, 0.5) is 0 Å². The van der Waals surface area contributed by atoms with Crippen LogP contribution in [0.15, 0.2) is 41.2 Å². The Hall–Kier alpha value is -2.29. The van der Waals surface area contributed by atoms with E-state index in [1.165, 1.54) is 22.6 Å². The molecule has 0 atom stereocenters. The van der Waals surface area contributed by atoms with E-state index in [2.05, 4.69) is 5.32 Å². The summed E-state index contributed by atoms with van der Waals surface area (Å²) in [6, 6.07) is 10.1. The summed E-state index contributed by atoms with van der Waals surface area (Å²) in [5.74, 6) is -0.659. The summed E-state index contributed by atoms with van der Waals surface area (Å²) in [4.78, 5) is 39.9. The molecule has 2 heterocycles. The minimum absolute atomic E-state index is 0.0279. The average Bonchev–Trinajstić information content (AvgIpc) is 3.50. The standard InChI is InChI=1S/C20H21ClN4O3S/c21-14-3-1-13(2-4-14)11-23-17(26)15-5-6-16-19(28)24(9-10-25(16)18(15)27)12-20(29-22)7-8-20/h1-6H,7-12,22H2,(H,23,26). The van der Waals surface area contributed by atoms with Crippen molar-refractivity contribution >= 4 is 35.4 Å². The molecule has 0 spiro atoms. The second-order valence-electron chi connectivity index (χ2n) is 7.43. The molecule has 1 aromatic carbocycles. The number of rotatable bonds is 6. The smallest absolute Gasteiger partial charge is 0.270 e. The molecule has 1 aliphatic carbocycles. The number of amides is 2. The molecule has 3 N–H and O–H groups in total. The van der Waals surface area contributed by atoms with Gasteiger partial charge in [0.05, 0.1) is 0 Å². The molecule has 29 heavy (non-hydrogen) atoms. The molecular weight excluding hydrogens is 412 g/mol. The summed E-state index contributed by atoms with van der Waals surface area (Å²) in [6.45, 7) is 1.67. The molecule has 7 nitrogen and oxygen atoms in total. The van der Waals surface area contributed by atoms with Gasteiger partial charge in [0.15, 0.2) is 0 Å². The van der Waals surface area contributed by atoms with Gasteiger partial charge in [0.25, 0.3) is 17.4 Å². The van der Waals surface area contributed by atoms with Crippen molar-refractivity contribution in [1.82, 2.24) is 14.8 Å². The van der Waals surface area contributed by atoms with Gasteiger partial charge >= 0.3 is 0 Å². The highest BCUT2D eigenvalue weighted by Crippen LogP contribution is 2.46. The number of aromatic nitrogens is 1. The Labute approximate surface area is 177 Å². The molecular formula is C20H21ClN4O3S. The number of hydrogen-bond donors (Lipinski definition) is 2. The Morgan fingerprint density at radius 1 is 1.14 bits per heavy atom. The van der Waals surface area contributed by atoms with E-state index in [1.807, 2.05) is 12.1 Å². The van der Waals surface area contributed by atoms with Gasteiger partial charge in [-0.3, -0.25) is 19.5 Å². The molecule has 0 bridgehead atoms. The van der Waals surface area contributed by atoms with Gasteiger partial charge < -0.3 is 14.8 Å². The van der Waals surface area contributed by atoms with Crippen LogP contribution in [-0.2, 0) is 13.1 Å². The lowest BCUT2D eigenvalue weighted by Crippen LogP contribution is -2.48. The van der Waals surface area contributed by atoms with Gasteiger partial charge in [-0.05, 0) is 42.7 Å². The summed E-state index contributed by atoms with van der Waals surface area (Å²) < 4.78 is 1.35. The number of nitrogens with zero attached hydrogens (tertiary/aromatic N) is 2. The van der Waals surface area contributed by atoms with E-state index in [9.17, 15) is 14.4 Å². The molecule has 1 aromatic heterocycles. The van der Waals surface area contributed by atoms with Gasteiger partial charge in [-0.2, -0.15) is 0 Å².